The van der Waals surface area contributed by atoms with Gasteiger partial charge in [-0.1, -0.05) is 24.6 Å². The van der Waals surface area contributed by atoms with E-state index in [-0.39, 0.29) is 17.8 Å². The molecule has 2 atom stereocenters. The Morgan fingerprint density at radius 2 is 2.03 bits per heavy atom. The van der Waals surface area contributed by atoms with E-state index < -0.39 is 5.82 Å². The van der Waals surface area contributed by atoms with Crippen LogP contribution in [0.1, 0.15) is 44.6 Å². The molecule has 1 fully saturated rings. The van der Waals surface area contributed by atoms with Gasteiger partial charge < -0.3 is 14.5 Å². The highest BCUT2D eigenvalue weighted by molar-refractivity contribution is 5.85. The average Bonchev–Trinajstić information content (AvgIpc) is 3.20. The first-order valence-corrected chi connectivity index (χ1v) is 10.6. The first kappa shape index (κ1) is 22.7. The maximum absolute atomic E-state index is 14.3. The number of anilines is 2. The van der Waals surface area contributed by atoms with Crippen molar-refractivity contribution in [2.24, 2.45) is 0 Å². The Morgan fingerprint density at radius 1 is 1.32 bits per heavy atom. The molecule has 0 bridgehead atoms. The number of hydrogen-bond donors (Lipinski definition) is 0. The Morgan fingerprint density at radius 3 is 2.68 bits per heavy atom. The molecule has 0 N–H and O–H groups in total. The third-order valence-electron chi connectivity index (χ3n) is 5.52. The zero-order valence-electron chi connectivity index (χ0n) is 18.8. The predicted molar refractivity (Wildman–Crippen MR) is 121 cm³/mol. The van der Waals surface area contributed by atoms with Crippen LogP contribution in [0.5, 0.6) is 5.75 Å². The lowest BCUT2D eigenvalue weighted by Gasteiger charge is -2.20. The van der Waals surface area contributed by atoms with Crippen LogP contribution in [0.25, 0.3) is 0 Å². The smallest absolute Gasteiger partial charge is 0.226 e. The first-order chi connectivity index (χ1) is 14.7. The highest BCUT2D eigenvalue weighted by Gasteiger charge is 2.27. The van der Waals surface area contributed by atoms with Crippen molar-refractivity contribution >= 4 is 17.5 Å². The van der Waals surface area contributed by atoms with Gasteiger partial charge in [-0.2, -0.15) is 4.98 Å². The van der Waals surface area contributed by atoms with Gasteiger partial charge in [-0.3, -0.25) is 4.79 Å². The van der Waals surface area contributed by atoms with Crippen molar-refractivity contribution in [3.63, 3.8) is 0 Å². The van der Waals surface area contributed by atoms with Crippen LogP contribution in [0, 0.1) is 5.82 Å². The number of aromatic nitrogens is 2. The normalized spacial score (nSPS) is 16.8. The van der Waals surface area contributed by atoms with Crippen molar-refractivity contribution in [1.29, 1.82) is 0 Å². The second kappa shape index (κ2) is 9.90. The van der Waals surface area contributed by atoms with Gasteiger partial charge in [0.05, 0.1) is 12.7 Å². The summed E-state index contributed by atoms with van der Waals surface area (Å²) in [4.78, 5) is 24.3. The molecule has 0 spiro atoms. The second-order valence-electron chi connectivity index (χ2n) is 8.42. The molecule has 1 saturated heterocycles. The number of halogens is 1. The summed E-state index contributed by atoms with van der Waals surface area (Å²) in [5.74, 6) is 1.16. The number of hydrogen-bond acceptors (Lipinski definition) is 6. The molecule has 2 unspecified atom stereocenters. The highest BCUT2D eigenvalue weighted by Crippen LogP contribution is 2.27. The van der Waals surface area contributed by atoms with Crippen molar-refractivity contribution in [2.45, 2.75) is 45.1 Å². The van der Waals surface area contributed by atoms with E-state index in [1.165, 1.54) is 6.20 Å². The molecule has 0 saturated carbocycles. The molecule has 6 nitrogen and oxygen atoms in total. The van der Waals surface area contributed by atoms with E-state index in [2.05, 4.69) is 16.5 Å². The number of ether oxygens (including phenoxy) is 1. The monoisotopic (exact) mass is 426 g/mol. The second-order valence-corrected chi connectivity index (χ2v) is 8.42. The van der Waals surface area contributed by atoms with Gasteiger partial charge in [0.15, 0.2) is 11.6 Å². The summed E-state index contributed by atoms with van der Waals surface area (Å²) < 4.78 is 20.4. The summed E-state index contributed by atoms with van der Waals surface area (Å²) in [7, 11) is 3.65. The standard InChI is InChI=1S/C24H31FN4O2/c1-16(2)6-11-22(30)17(3)18-7-9-19(10-8-18)31-20-12-13-29(15-20)23-21(25)14-26-24(27-23)28(4)5/h7-10,14,17,20H,1,6,11-13,15H2,2-5H3. The largest absolute Gasteiger partial charge is 0.489 e. The van der Waals surface area contributed by atoms with Gasteiger partial charge in [0.25, 0.3) is 0 Å². The molecule has 2 heterocycles. The number of carbonyl (C=O) groups is 1. The molecule has 1 aromatic heterocycles. The minimum Gasteiger partial charge on any atom is -0.489 e. The molecular formula is C24H31FN4O2. The Bertz CT molecular complexity index is 930. The van der Waals surface area contributed by atoms with E-state index in [1.807, 2.05) is 57.1 Å². The quantitative estimate of drug-likeness (QED) is 0.555. The van der Waals surface area contributed by atoms with Gasteiger partial charge in [-0.25, -0.2) is 9.37 Å². The van der Waals surface area contributed by atoms with Crippen molar-refractivity contribution in [3.8, 4) is 5.75 Å². The van der Waals surface area contributed by atoms with Gasteiger partial charge in [0.2, 0.25) is 5.95 Å². The van der Waals surface area contributed by atoms with Crippen LogP contribution < -0.4 is 14.5 Å². The van der Waals surface area contributed by atoms with E-state index in [9.17, 15) is 9.18 Å². The lowest BCUT2D eigenvalue weighted by atomic mass is 9.93. The van der Waals surface area contributed by atoms with Gasteiger partial charge in [-0.05, 0) is 31.0 Å². The number of rotatable bonds is 9. The third-order valence-corrected chi connectivity index (χ3v) is 5.52. The summed E-state index contributed by atoms with van der Waals surface area (Å²) in [5.41, 5.74) is 2.00. The summed E-state index contributed by atoms with van der Waals surface area (Å²) >= 11 is 0. The number of allylic oxidation sites excluding steroid dienone is 1. The Labute approximate surface area is 183 Å². The fourth-order valence-electron chi connectivity index (χ4n) is 3.57. The predicted octanol–water partition coefficient (Wildman–Crippen LogP) is 4.37. The van der Waals surface area contributed by atoms with Crippen LogP contribution in [0.2, 0.25) is 0 Å². The summed E-state index contributed by atoms with van der Waals surface area (Å²) in [6.07, 6.45) is 3.17. The number of nitrogens with zero attached hydrogens (tertiary/aromatic N) is 4. The summed E-state index contributed by atoms with van der Waals surface area (Å²) in [6.45, 7) is 8.95. The fourth-order valence-corrected chi connectivity index (χ4v) is 3.57. The van der Waals surface area contributed by atoms with E-state index >= 15 is 0 Å². The molecule has 0 radical (unpaired) electrons. The number of benzene rings is 1. The molecule has 7 heteroatoms. The van der Waals surface area contributed by atoms with E-state index in [4.69, 9.17) is 4.74 Å². The highest BCUT2D eigenvalue weighted by atomic mass is 19.1. The molecule has 31 heavy (non-hydrogen) atoms. The van der Waals surface area contributed by atoms with Gasteiger partial charge >= 0.3 is 0 Å². The molecule has 166 valence electrons. The minimum atomic E-state index is -0.430. The SMILES string of the molecule is C=C(C)CCC(=O)C(C)c1ccc(OC2CCN(c3nc(N(C)C)ncc3F)C2)cc1. The fraction of sp³-hybridized carbons (Fsp3) is 0.458. The number of ketones is 1. The Balaban J connectivity index is 1.59. The van der Waals surface area contributed by atoms with Crippen molar-refractivity contribution in [2.75, 3.05) is 37.0 Å². The number of carbonyl (C=O) groups excluding carboxylic acids is 1. The topological polar surface area (TPSA) is 58.6 Å². The summed E-state index contributed by atoms with van der Waals surface area (Å²) in [5, 5.41) is 0. The van der Waals surface area contributed by atoms with Crippen LogP contribution in [-0.2, 0) is 4.79 Å². The molecule has 1 aliphatic heterocycles. The Hall–Kier alpha value is -2.96. The molecular weight excluding hydrogens is 395 g/mol. The summed E-state index contributed by atoms with van der Waals surface area (Å²) in [6, 6.07) is 7.68. The third kappa shape index (κ3) is 5.81. The maximum atomic E-state index is 14.3. The van der Waals surface area contributed by atoms with E-state index in [0.29, 0.717) is 31.3 Å². The maximum Gasteiger partial charge on any atom is 0.226 e. The van der Waals surface area contributed by atoms with Crippen LogP contribution in [-0.4, -0.2) is 49.0 Å². The Kier molecular flexibility index (Phi) is 7.25. The molecule has 0 amide bonds. The minimum absolute atomic E-state index is 0.0577. The van der Waals surface area contributed by atoms with E-state index in [1.54, 1.807) is 4.90 Å². The average molecular weight is 427 g/mol. The van der Waals surface area contributed by atoms with Crippen molar-refractivity contribution in [1.82, 2.24) is 9.97 Å². The lowest BCUT2D eigenvalue weighted by molar-refractivity contribution is -0.120. The van der Waals surface area contributed by atoms with Gasteiger partial charge in [0, 0.05) is 39.4 Å². The van der Waals surface area contributed by atoms with Crippen molar-refractivity contribution < 1.29 is 13.9 Å². The van der Waals surface area contributed by atoms with Crippen LogP contribution in [0.15, 0.2) is 42.6 Å². The molecule has 1 aliphatic rings. The molecule has 1 aromatic carbocycles. The lowest BCUT2D eigenvalue weighted by Crippen LogP contribution is -2.27. The van der Waals surface area contributed by atoms with Crippen LogP contribution in [0.3, 0.4) is 0 Å². The number of Topliss-reactive ketones (excluding diaryl/α,β-unsaturated/α-hetero) is 1. The zero-order chi connectivity index (χ0) is 22.5. The van der Waals surface area contributed by atoms with Gasteiger partial charge in [0.1, 0.15) is 17.6 Å². The van der Waals surface area contributed by atoms with Crippen molar-refractivity contribution in [3.05, 3.63) is 54.0 Å². The zero-order valence-corrected chi connectivity index (χ0v) is 18.8. The molecule has 3 rings (SSSR count). The first-order valence-electron chi connectivity index (χ1n) is 10.6. The molecule has 0 aliphatic carbocycles. The van der Waals surface area contributed by atoms with E-state index in [0.717, 1.165) is 29.7 Å². The van der Waals surface area contributed by atoms with Gasteiger partial charge in [-0.15, -0.1) is 6.58 Å². The van der Waals surface area contributed by atoms with Crippen LogP contribution >= 0.6 is 0 Å². The van der Waals surface area contributed by atoms with Crippen LogP contribution in [0.4, 0.5) is 16.2 Å². The molecule has 2 aromatic rings.